The van der Waals surface area contributed by atoms with Crippen molar-refractivity contribution in [2.45, 2.75) is 13.5 Å². The van der Waals surface area contributed by atoms with Crippen LogP contribution in [0.25, 0.3) is 0 Å². The highest BCUT2D eigenvalue weighted by molar-refractivity contribution is 9.10. The Hall–Kier alpha value is -2.60. The molecule has 0 aliphatic rings. The zero-order valence-corrected chi connectivity index (χ0v) is 15.5. The molecule has 26 heavy (non-hydrogen) atoms. The first kappa shape index (κ1) is 18.2. The van der Waals surface area contributed by atoms with E-state index in [1.807, 2.05) is 60.7 Å². The molecule has 0 saturated heterocycles. The maximum absolute atomic E-state index is 12.5. The summed E-state index contributed by atoms with van der Waals surface area (Å²) in [4.78, 5) is 8.98. The SMILES string of the molecule is Cc1nc(N=C(c2ccccc2)c2ccccc2)cc(Br)c1OC(F)F. The molecule has 3 aromatic rings. The first-order valence-corrected chi connectivity index (χ1v) is 8.65. The van der Waals surface area contributed by atoms with Gasteiger partial charge in [-0.25, -0.2) is 9.98 Å². The first-order chi connectivity index (χ1) is 12.5. The monoisotopic (exact) mass is 416 g/mol. The number of aromatic nitrogens is 1. The van der Waals surface area contributed by atoms with Crippen molar-refractivity contribution in [1.82, 2.24) is 4.98 Å². The first-order valence-electron chi connectivity index (χ1n) is 7.86. The number of hydrogen-bond donors (Lipinski definition) is 0. The van der Waals surface area contributed by atoms with E-state index in [1.54, 1.807) is 13.0 Å². The molecule has 0 radical (unpaired) electrons. The van der Waals surface area contributed by atoms with Crippen LogP contribution in [0.1, 0.15) is 16.8 Å². The number of hydrogen-bond acceptors (Lipinski definition) is 3. The van der Waals surface area contributed by atoms with Gasteiger partial charge in [-0.15, -0.1) is 0 Å². The molecule has 3 rings (SSSR count). The van der Waals surface area contributed by atoms with E-state index in [-0.39, 0.29) is 5.75 Å². The lowest BCUT2D eigenvalue weighted by molar-refractivity contribution is -0.0510. The summed E-state index contributed by atoms with van der Waals surface area (Å²) in [6.07, 6.45) is 0. The van der Waals surface area contributed by atoms with Crippen molar-refractivity contribution in [2.75, 3.05) is 0 Å². The molecule has 0 aliphatic heterocycles. The van der Waals surface area contributed by atoms with Gasteiger partial charge in [0.15, 0.2) is 11.6 Å². The average molecular weight is 417 g/mol. The zero-order valence-electron chi connectivity index (χ0n) is 13.9. The van der Waals surface area contributed by atoms with E-state index in [9.17, 15) is 8.78 Å². The van der Waals surface area contributed by atoms with Crippen LogP contribution < -0.4 is 4.74 Å². The normalized spacial score (nSPS) is 10.7. The van der Waals surface area contributed by atoms with Crippen molar-refractivity contribution < 1.29 is 13.5 Å². The number of aryl methyl sites for hydroxylation is 1. The van der Waals surface area contributed by atoms with Crippen LogP contribution in [0.15, 0.2) is 76.2 Å². The molecule has 6 heteroatoms. The fraction of sp³-hybridized carbons (Fsp3) is 0.100. The molecular weight excluding hydrogens is 402 g/mol. The van der Waals surface area contributed by atoms with Gasteiger partial charge in [0.1, 0.15) is 0 Å². The standard InChI is InChI=1S/C20H15BrF2N2O/c1-13-19(26-20(22)23)16(21)12-17(24-13)25-18(14-8-4-2-5-9-14)15-10-6-3-7-11-15/h2-12,20H,1H3. The van der Waals surface area contributed by atoms with Gasteiger partial charge in [-0.2, -0.15) is 8.78 Å². The lowest BCUT2D eigenvalue weighted by Crippen LogP contribution is -2.06. The van der Waals surface area contributed by atoms with Gasteiger partial charge in [0.25, 0.3) is 0 Å². The second kappa shape index (κ2) is 8.19. The van der Waals surface area contributed by atoms with E-state index in [2.05, 4.69) is 30.6 Å². The zero-order chi connectivity index (χ0) is 18.5. The number of halogens is 3. The van der Waals surface area contributed by atoms with Gasteiger partial charge < -0.3 is 4.74 Å². The Bertz CT molecular complexity index is 851. The van der Waals surface area contributed by atoms with Gasteiger partial charge in [-0.1, -0.05) is 60.7 Å². The minimum atomic E-state index is -2.91. The van der Waals surface area contributed by atoms with Crippen LogP contribution in [0.2, 0.25) is 0 Å². The van der Waals surface area contributed by atoms with Crippen LogP contribution in [0.3, 0.4) is 0 Å². The van der Waals surface area contributed by atoms with Gasteiger partial charge >= 0.3 is 6.61 Å². The highest BCUT2D eigenvalue weighted by Gasteiger charge is 2.15. The van der Waals surface area contributed by atoms with E-state index in [1.165, 1.54) is 0 Å². The maximum Gasteiger partial charge on any atom is 0.387 e. The smallest absolute Gasteiger partial charge is 0.387 e. The molecule has 0 bridgehead atoms. The summed E-state index contributed by atoms with van der Waals surface area (Å²) < 4.78 is 30.0. The Kier molecular flexibility index (Phi) is 5.73. The average Bonchev–Trinajstić information content (AvgIpc) is 2.64. The second-order valence-electron chi connectivity index (χ2n) is 5.45. The van der Waals surface area contributed by atoms with E-state index < -0.39 is 6.61 Å². The molecule has 132 valence electrons. The fourth-order valence-corrected chi connectivity index (χ4v) is 3.08. The second-order valence-corrected chi connectivity index (χ2v) is 6.30. The number of benzene rings is 2. The number of nitrogens with zero attached hydrogens (tertiary/aromatic N) is 2. The van der Waals surface area contributed by atoms with Gasteiger partial charge in [0.2, 0.25) is 0 Å². The molecule has 0 unspecified atom stereocenters. The number of ether oxygens (including phenoxy) is 1. The molecule has 0 spiro atoms. The molecule has 0 saturated carbocycles. The summed E-state index contributed by atoms with van der Waals surface area (Å²) in [5.41, 5.74) is 2.94. The van der Waals surface area contributed by atoms with Crippen LogP contribution in [0.4, 0.5) is 14.6 Å². The minimum Gasteiger partial charge on any atom is -0.432 e. The Morgan fingerprint density at radius 2 is 1.54 bits per heavy atom. The van der Waals surface area contributed by atoms with Crippen LogP contribution in [0, 0.1) is 6.92 Å². The minimum absolute atomic E-state index is 0.0138. The largest absolute Gasteiger partial charge is 0.432 e. The van der Waals surface area contributed by atoms with Crippen LogP contribution >= 0.6 is 15.9 Å². The third kappa shape index (κ3) is 4.32. The molecule has 0 amide bonds. The molecular formula is C20H15BrF2N2O. The van der Waals surface area contributed by atoms with Crippen LogP contribution in [-0.4, -0.2) is 17.3 Å². The molecule has 3 nitrogen and oxygen atoms in total. The van der Waals surface area contributed by atoms with Crippen molar-refractivity contribution in [3.8, 4) is 5.75 Å². The number of alkyl halides is 2. The highest BCUT2D eigenvalue weighted by atomic mass is 79.9. The predicted molar refractivity (Wildman–Crippen MR) is 101 cm³/mol. The summed E-state index contributed by atoms with van der Waals surface area (Å²) in [6.45, 7) is -1.31. The lowest BCUT2D eigenvalue weighted by Gasteiger charge is -2.11. The fourth-order valence-electron chi connectivity index (χ4n) is 2.50. The van der Waals surface area contributed by atoms with E-state index in [0.717, 1.165) is 16.8 Å². The lowest BCUT2D eigenvalue weighted by atomic mass is 10.0. The Balaban J connectivity index is 2.09. The molecule has 2 aromatic carbocycles. The summed E-state index contributed by atoms with van der Waals surface area (Å²) in [6, 6.07) is 21.0. The van der Waals surface area contributed by atoms with E-state index in [4.69, 9.17) is 0 Å². The van der Waals surface area contributed by atoms with Crippen molar-refractivity contribution >= 4 is 27.5 Å². The van der Waals surface area contributed by atoms with Crippen molar-refractivity contribution in [3.05, 3.63) is 88.0 Å². The number of aliphatic imine (C=N–C) groups is 1. The van der Waals surface area contributed by atoms with Crippen LogP contribution in [0.5, 0.6) is 5.75 Å². The molecule has 1 heterocycles. The summed E-state index contributed by atoms with van der Waals surface area (Å²) in [5, 5.41) is 0. The third-order valence-electron chi connectivity index (χ3n) is 3.61. The molecule has 1 aromatic heterocycles. The van der Waals surface area contributed by atoms with Crippen molar-refractivity contribution in [1.29, 1.82) is 0 Å². The van der Waals surface area contributed by atoms with E-state index >= 15 is 0 Å². The predicted octanol–water partition coefficient (Wildman–Crippen LogP) is 5.92. The summed E-state index contributed by atoms with van der Waals surface area (Å²) >= 11 is 3.26. The van der Waals surface area contributed by atoms with E-state index in [0.29, 0.717) is 16.0 Å². The molecule has 0 N–H and O–H groups in total. The summed E-state index contributed by atoms with van der Waals surface area (Å²) in [7, 11) is 0. The Morgan fingerprint density at radius 1 is 1.00 bits per heavy atom. The topological polar surface area (TPSA) is 34.5 Å². The molecule has 0 aliphatic carbocycles. The van der Waals surface area contributed by atoms with Gasteiger partial charge in [-0.05, 0) is 22.9 Å². The van der Waals surface area contributed by atoms with Gasteiger partial charge in [0, 0.05) is 17.2 Å². The molecule has 0 fully saturated rings. The van der Waals surface area contributed by atoms with Gasteiger partial charge in [-0.3, -0.25) is 0 Å². The highest BCUT2D eigenvalue weighted by Crippen LogP contribution is 2.32. The molecule has 0 atom stereocenters. The Labute approximate surface area is 158 Å². The van der Waals surface area contributed by atoms with Crippen molar-refractivity contribution in [3.63, 3.8) is 0 Å². The van der Waals surface area contributed by atoms with Crippen molar-refractivity contribution in [2.24, 2.45) is 4.99 Å². The summed E-state index contributed by atoms with van der Waals surface area (Å²) in [5.74, 6) is 0.415. The number of pyridine rings is 1. The third-order valence-corrected chi connectivity index (χ3v) is 4.20. The van der Waals surface area contributed by atoms with Gasteiger partial charge in [0.05, 0.1) is 15.9 Å². The Morgan fingerprint density at radius 3 is 2.00 bits per heavy atom. The maximum atomic E-state index is 12.5. The number of rotatable bonds is 5. The quantitative estimate of drug-likeness (QED) is 0.483. The van der Waals surface area contributed by atoms with Crippen LogP contribution in [-0.2, 0) is 0 Å².